The van der Waals surface area contributed by atoms with Gasteiger partial charge in [-0.05, 0) is 53.2 Å². The van der Waals surface area contributed by atoms with E-state index in [9.17, 15) is 21.6 Å². The lowest BCUT2D eigenvalue weighted by molar-refractivity contribution is -0.141. The van der Waals surface area contributed by atoms with E-state index in [1.54, 1.807) is 12.1 Å². The highest BCUT2D eigenvalue weighted by Gasteiger charge is 2.33. The van der Waals surface area contributed by atoms with Crippen molar-refractivity contribution < 1.29 is 21.6 Å². The lowest BCUT2D eigenvalue weighted by atomic mass is 10.1. The summed E-state index contributed by atoms with van der Waals surface area (Å²) in [6.07, 6.45) is -3.34. The van der Waals surface area contributed by atoms with E-state index in [0.29, 0.717) is 5.69 Å². The van der Waals surface area contributed by atoms with Crippen LogP contribution in [0.5, 0.6) is 0 Å². The van der Waals surface area contributed by atoms with Crippen LogP contribution in [0.4, 0.5) is 18.9 Å². The Balaban J connectivity index is 1.56. The minimum Gasteiger partial charge on any atom is -0.280 e. The van der Waals surface area contributed by atoms with Crippen molar-refractivity contribution in [1.29, 1.82) is 0 Å². The van der Waals surface area contributed by atoms with E-state index >= 15 is 0 Å². The molecule has 0 saturated heterocycles. The Morgan fingerprint density at radius 1 is 0.862 bits per heavy atom. The maximum absolute atomic E-state index is 12.7. The van der Waals surface area contributed by atoms with Crippen LogP contribution >= 0.6 is 0 Å². The van der Waals surface area contributed by atoms with Gasteiger partial charge in [0.15, 0.2) is 5.69 Å². The summed E-state index contributed by atoms with van der Waals surface area (Å²) in [4.78, 5) is 0.113. The first kappa shape index (κ1) is 19.0. The zero-order valence-electron chi connectivity index (χ0n) is 14.8. The molecule has 148 valence electrons. The number of hydrogen-bond acceptors (Lipinski definition) is 3. The number of nitrogens with zero attached hydrogens (tertiary/aromatic N) is 2. The van der Waals surface area contributed by atoms with Gasteiger partial charge in [0.1, 0.15) is 0 Å². The number of sulfonamides is 1. The SMILES string of the molecule is O=S(=O)(Nc1ccc(-n2ccc(C(F)(F)F)n2)cc1)c1ccc2ccccc2c1. The normalized spacial score (nSPS) is 12.2. The third-order valence-corrected chi connectivity index (χ3v) is 5.67. The summed E-state index contributed by atoms with van der Waals surface area (Å²) in [5.41, 5.74) is -0.349. The monoisotopic (exact) mass is 417 g/mol. The predicted molar refractivity (Wildman–Crippen MR) is 103 cm³/mol. The van der Waals surface area contributed by atoms with Crippen LogP contribution in [0.15, 0.2) is 83.9 Å². The van der Waals surface area contributed by atoms with Crippen molar-refractivity contribution in [3.05, 3.63) is 84.7 Å². The molecule has 0 fully saturated rings. The zero-order valence-corrected chi connectivity index (χ0v) is 15.6. The number of benzene rings is 3. The van der Waals surface area contributed by atoms with Gasteiger partial charge in [0.2, 0.25) is 0 Å². The van der Waals surface area contributed by atoms with Gasteiger partial charge < -0.3 is 0 Å². The van der Waals surface area contributed by atoms with Gasteiger partial charge in [-0.2, -0.15) is 18.3 Å². The number of aromatic nitrogens is 2. The Hall–Kier alpha value is -3.33. The fourth-order valence-corrected chi connectivity index (χ4v) is 3.94. The van der Waals surface area contributed by atoms with Gasteiger partial charge in [-0.1, -0.05) is 30.3 Å². The first-order valence-corrected chi connectivity index (χ1v) is 9.96. The average Bonchev–Trinajstić information content (AvgIpc) is 3.19. The molecule has 0 radical (unpaired) electrons. The second-order valence-corrected chi connectivity index (χ2v) is 7.99. The maximum Gasteiger partial charge on any atom is 0.435 e. The molecule has 3 aromatic carbocycles. The van der Waals surface area contributed by atoms with Crippen LogP contribution in [0.25, 0.3) is 16.5 Å². The molecule has 0 amide bonds. The van der Waals surface area contributed by atoms with Crippen molar-refractivity contribution in [1.82, 2.24) is 9.78 Å². The molecule has 0 aliphatic carbocycles. The molecule has 5 nitrogen and oxygen atoms in total. The lowest BCUT2D eigenvalue weighted by Crippen LogP contribution is -2.13. The summed E-state index contributed by atoms with van der Waals surface area (Å²) in [6, 6.07) is 19.0. The van der Waals surface area contributed by atoms with Crippen LogP contribution in [0.3, 0.4) is 0 Å². The molecule has 9 heteroatoms. The van der Waals surface area contributed by atoms with Gasteiger partial charge in [0, 0.05) is 11.9 Å². The average molecular weight is 417 g/mol. The lowest BCUT2D eigenvalue weighted by Gasteiger charge is -2.10. The number of anilines is 1. The summed E-state index contributed by atoms with van der Waals surface area (Å²) in [5.74, 6) is 0. The van der Waals surface area contributed by atoms with E-state index in [-0.39, 0.29) is 10.6 Å². The van der Waals surface area contributed by atoms with E-state index in [0.717, 1.165) is 21.5 Å². The molecule has 0 bridgehead atoms. The standard InChI is InChI=1S/C20H14F3N3O2S/c21-20(22,23)19-11-12-26(24-19)17-8-6-16(7-9-17)25-29(27,28)18-10-5-14-3-1-2-4-15(14)13-18/h1-13,25H. The van der Waals surface area contributed by atoms with E-state index in [1.165, 1.54) is 36.5 Å². The Labute approximate surface area is 164 Å². The number of halogens is 3. The third-order valence-electron chi connectivity index (χ3n) is 4.29. The smallest absolute Gasteiger partial charge is 0.280 e. The molecule has 29 heavy (non-hydrogen) atoms. The second kappa shape index (κ2) is 6.93. The van der Waals surface area contributed by atoms with E-state index < -0.39 is 21.9 Å². The van der Waals surface area contributed by atoms with E-state index in [1.807, 2.05) is 24.3 Å². The van der Waals surface area contributed by atoms with Gasteiger partial charge in [-0.15, -0.1) is 0 Å². The van der Waals surface area contributed by atoms with Crippen LogP contribution in [-0.2, 0) is 16.2 Å². The Morgan fingerprint density at radius 3 is 2.21 bits per heavy atom. The van der Waals surface area contributed by atoms with Crippen LogP contribution < -0.4 is 4.72 Å². The minimum atomic E-state index is -4.53. The predicted octanol–water partition coefficient (Wildman–Crippen LogP) is 4.85. The highest BCUT2D eigenvalue weighted by atomic mass is 32.2. The van der Waals surface area contributed by atoms with Crippen molar-refractivity contribution in [2.45, 2.75) is 11.1 Å². The molecule has 0 aliphatic rings. The molecule has 1 N–H and O–H groups in total. The van der Waals surface area contributed by atoms with E-state index in [4.69, 9.17) is 0 Å². The highest BCUT2D eigenvalue weighted by molar-refractivity contribution is 7.92. The summed E-state index contributed by atoms with van der Waals surface area (Å²) in [6.45, 7) is 0. The zero-order chi connectivity index (χ0) is 20.6. The first-order chi connectivity index (χ1) is 13.7. The van der Waals surface area contributed by atoms with Crippen LogP contribution in [0.1, 0.15) is 5.69 Å². The fourth-order valence-electron chi connectivity index (χ4n) is 2.85. The first-order valence-electron chi connectivity index (χ1n) is 8.47. The highest BCUT2D eigenvalue weighted by Crippen LogP contribution is 2.28. The van der Waals surface area contributed by atoms with Crippen molar-refractivity contribution >= 4 is 26.5 Å². The van der Waals surface area contributed by atoms with Crippen molar-refractivity contribution in [2.24, 2.45) is 0 Å². The van der Waals surface area contributed by atoms with Crippen LogP contribution in [-0.4, -0.2) is 18.2 Å². The Morgan fingerprint density at radius 2 is 1.55 bits per heavy atom. The second-order valence-electron chi connectivity index (χ2n) is 6.30. The number of nitrogens with one attached hydrogen (secondary N) is 1. The molecule has 0 spiro atoms. The van der Waals surface area contributed by atoms with Gasteiger partial charge in [-0.25, -0.2) is 13.1 Å². The fraction of sp³-hybridized carbons (Fsp3) is 0.0500. The van der Waals surface area contributed by atoms with Crippen molar-refractivity contribution in [2.75, 3.05) is 4.72 Å². The molecule has 0 atom stereocenters. The quantitative estimate of drug-likeness (QED) is 0.517. The van der Waals surface area contributed by atoms with Gasteiger partial charge >= 0.3 is 6.18 Å². The molecule has 1 aromatic heterocycles. The van der Waals surface area contributed by atoms with Crippen LogP contribution in [0, 0.1) is 0 Å². The number of alkyl halides is 3. The minimum absolute atomic E-state index is 0.113. The molecular weight excluding hydrogens is 403 g/mol. The van der Waals surface area contributed by atoms with Gasteiger partial charge in [-0.3, -0.25) is 4.72 Å². The van der Waals surface area contributed by atoms with Gasteiger partial charge in [0.05, 0.1) is 10.6 Å². The summed E-state index contributed by atoms with van der Waals surface area (Å²) < 4.78 is 66.9. The largest absolute Gasteiger partial charge is 0.435 e. The van der Waals surface area contributed by atoms with Crippen molar-refractivity contribution in [3.63, 3.8) is 0 Å². The van der Waals surface area contributed by atoms with Gasteiger partial charge in [0.25, 0.3) is 10.0 Å². The number of rotatable bonds is 4. The molecule has 0 unspecified atom stereocenters. The molecule has 0 saturated carbocycles. The molecule has 4 rings (SSSR count). The van der Waals surface area contributed by atoms with Crippen LogP contribution in [0.2, 0.25) is 0 Å². The summed E-state index contributed by atoms with van der Waals surface area (Å²) in [5, 5.41) is 5.21. The number of hydrogen-bond donors (Lipinski definition) is 1. The molecule has 4 aromatic rings. The topological polar surface area (TPSA) is 64.0 Å². The molecule has 1 heterocycles. The molecular formula is C20H14F3N3O2S. The van der Waals surface area contributed by atoms with Crippen molar-refractivity contribution in [3.8, 4) is 5.69 Å². The summed E-state index contributed by atoms with van der Waals surface area (Å²) in [7, 11) is -3.82. The molecule has 0 aliphatic heterocycles. The maximum atomic E-state index is 12.7. The Bertz CT molecular complexity index is 1280. The Kier molecular flexibility index (Phi) is 4.54. The van der Waals surface area contributed by atoms with E-state index in [2.05, 4.69) is 9.82 Å². The number of fused-ring (bicyclic) bond motifs is 1. The third kappa shape index (κ3) is 3.95. The summed E-state index contributed by atoms with van der Waals surface area (Å²) >= 11 is 0.